The van der Waals surface area contributed by atoms with Gasteiger partial charge in [-0.05, 0) is 67.1 Å². The number of amides is 1. The Hall–Kier alpha value is -4.30. The maximum Gasteiger partial charge on any atom is 0.345 e. The molecular formula is C31H22Cl3N3O4. The van der Waals surface area contributed by atoms with Gasteiger partial charge >= 0.3 is 5.97 Å². The van der Waals surface area contributed by atoms with E-state index in [0.717, 1.165) is 10.9 Å². The van der Waals surface area contributed by atoms with Gasteiger partial charge < -0.3 is 14.5 Å². The molecule has 0 unspecified atom stereocenters. The summed E-state index contributed by atoms with van der Waals surface area (Å²) in [5, 5.41) is 6.18. The van der Waals surface area contributed by atoms with Gasteiger partial charge in [0.1, 0.15) is 5.69 Å². The molecule has 0 aliphatic rings. The minimum Gasteiger partial charge on any atom is -0.490 e. The number of nitrogens with one attached hydrogen (secondary N) is 2. The molecule has 7 nitrogen and oxygen atoms in total. The first-order valence-electron chi connectivity index (χ1n) is 12.5. The van der Waals surface area contributed by atoms with Crippen molar-refractivity contribution in [2.75, 3.05) is 6.61 Å². The van der Waals surface area contributed by atoms with Crippen LogP contribution < -0.4 is 14.9 Å². The molecular weight excluding hydrogens is 585 g/mol. The molecule has 0 spiro atoms. The molecule has 0 radical (unpaired) electrons. The van der Waals surface area contributed by atoms with Gasteiger partial charge in [0.05, 0.1) is 23.4 Å². The van der Waals surface area contributed by atoms with Crippen molar-refractivity contribution >= 4 is 63.8 Å². The van der Waals surface area contributed by atoms with Gasteiger partial charge in [-0.1, -0.05) is 65.1 Å². The van der Waals surface area contributed by atoms with Crippen molar-refractivity contribution < 1.29 is 19.1 Å². The van der Waals surface area contributed by atoms with Gasteiger partial charge in [0.2, 0.25) is 0 Å². The number of hydrogen-bond acceptors (Lipinski definition) is 5. The second-order valence-electron chi connectivity index (χ2n) is 8.75. The molecule has 5 rings (SSSR count). The van der Waals surface area contributed by atoms with Crippen molar-refractivity contribution in [3.05, 3.63) is 117 Å². The lowest BCUT2D eigenvalue weighted by atomic mass is 10.0. The number of halogens is 3. The number of aromatic amines is 1. The number of hydrazone groups is 1. The third-order valence-electron chi connectivity index (χ3n) is 6.07. The monoisotopic (exact) mass is 605 g/mol. The largest absolute Gasteiger partial charge is 0.490 e. The molecule has 0 saturated heterocycles. The van der Waals surface area contributed by atoms with Crippen LogP contribution >= 0.6 is 34.8 Å². The first-order chi connectivity index (χ1) is 19.9. The predicted molar refractivity (Wildman–Crippen MR) is 163 cm³/mol. The fraction of sp³-hybridized carbons (Fsp3) is 0.0645. The predicted octanol–water partition coefficient (Wildman–Crippen LogP) is 8.18. The zero-order valence-corrected chi connectivity index (χ0v) is 23.8. The lowest BCUT2D eigenvalue weighted by Crippen LogP contribution is -2.19. The number of ether oxygens (including phenoxy) is 2. The average Bonchev–Trinajstić information content (AvgIpc) is 3.33. The Morgan fingerprint density at radius 1 is 0.902 bits per heavy atom. The quantitative estimate of drug-likeness (QED) is 0.0806. The van der Waals surface area contributed by atoms with Crippen molar-refractivity contribution in [2.24, 2.45) is 5.10 Å². The summed E-state index contributed by atoms with van der Waals surface area (Å²) in [6.45, 7) is 2.15. The highest BCUT2D eigenvalue weighted by atomic mass is 35.5. The van der Waals surface area contributed by atoms with Crippen LogP contribution in [-0.4, -0.2) is 29.7 Å². The van der Waals surface area contributed by atoms with Gasteiger partial charge in [-0.2, -0.15) is 5.10 Å². The minimum atomic E-state index is -0.612. The van der Waals surface area contributed by atoms with Gasteiger partial charge in [0.15, 0.2) is 11.5 Å². The summed E-state index contributed by atoms with van der Waals surface area (Å²) < 4.78 is 11.2. The number of nitrogens with zero attached hydrogens (tertiary/aromatic N) is 1. The third kappa shape index (κ3) is 6.23. The summed E-state index contributed by atoms with van der Waals surface area (Å²) in [6.07, 6.45) is 1.45. The van der Waals surface area contributed by atoms with Crippen LogP contribution in [0, 0.1) is 0 Å². The molecule has 0 aliphatic carbocycles. The van der Waals surface area contributed by atoms with Crippen LogP contribution in [0.15, 0.2) is 90.0 Å². The normalized spacial score (nSPS) is 11.1. The molecule has 2 N–H and O–H groups in total. The molecule has 0 saturated carbocycles. The van der Waals surface area contributed by atoms with Gasteiger partial charge in [-0.25, -0.2) is 10.2 Å². The number of H-pyrrole nitrogens is 1. The van der Waals surface area contributed by atoms with E-state index in [0.29, 0.717) is 39.1 Å². The van der Waals surface area contributed by atoms with Gasteiger partial charge in [-0.15, -0.1) is 0 Å². The average molecular weight is 607 g/mol. The van der Waals surface area contributed by atoms with Crippen LogP contribution in [0.2, 0.25) is 15.1 Å². The summed E-state index contributed by atoms with van der Waals surface area (Å²) in [6, 6.07) is 24.1. The van der Waals surface area contributed by atoms with E-state index < -0.39 is 11.9 Å². The standard InChI is InChI=1S/C31H22Cl3N3O4/c1-2-40-27-15-18(11-14-26(27)41-31(39)21-8-4-6-10-24(21)34)17-35-37-30(38)29-28(20-7-3-5-9-23(20)33)22-16-19(32)12-13-25(22)36-29/h3-17,36H,2H2,1H3,(H,37,38). The Morgan fingerprint density at radius 2 is 1.66 bits per heavy atom. The maximum atomic E-state index is 13.3. The van der Waals surface area contributed by atoms with Gasteiger partial charge in [0, 0.05) is 32.1 Å². The van der Waals surface area contributed by atoms with Crippen molar-refractivity contribution in [3.8, 4) is 22.6 Å². The number of carbonyl (C=O) groups excluding carboxylic acids is 2. The van der Waals surface area contributed by atoms with E-state index in [1.54, 1.807) is 66.7 Å². The van der Waals surface area contributed by atoms with E-state index in [2.05, 4.69) is 15.5 Å². The lowest BCUT2D eigenvalue weighted by molar-refractivity contribution is 0.0728. The van der Waals surface area contributed by atoms with Crippen LogP contribution in [0.3, 0.4) is 0 Å². The van der Waals surface area contributed by atoms with E-state index in [1.165, 1.54) is 6.21 Å². The second kappa shape index (κ2) is 12.5. The maximum absolute atomic E-state index is 13.3. The number of aromatic nitrogens is 1. The fourth-order valence-corrected chi connectivity index (χ4v) is 4.85. The SMILES string of the molecule is CCOc1cc(C=NNC(=O)c2[nH]c3ccc(Cl)cc3c2-c2ccccc2Cl)ccc1OC(=O)c1ccccc1Cl. The molecule has 206 valence electrons. The molecule has 1 amide bonds. The second-order valence-corrected chi connectivity index (χ2v) is 10.0. The van der Waals surface area contributed by atoms with E-state index in [-0.39, 0.29) is 22.0 Å². The van der Waals surface area contributed by atoms with Crippen LogP contribution in [0.5, 0.6) is 11.5 Å². The van der Waals surface area contributed by atoms with Crippen molar-refractivity contribution in [1.82, 2.24) is 10.4 Å². The van der Waals surface area contributed by atoms with Crippen LogP contribution in [0.1, 0.15) is 33.3 Å². The smallest absolute Gasteiger partial charge is 0.345 e. The number of rotatable bonds is 8. The Morgan fingerprint density at radius 3 is 2.41 bits per heavy atom. The lowest BCUT2D eigenvalue weighted by Gasteiger charge is -2.12. The molecule has 4 aromatic carbocycles. The highest BCUT2D eigenvalue weighted by Gasteiger charge is 2.21. The Balaban J connectivity index is 1.38. The highest BCUT2D eigenvalue weighted by Crippen LogP contribution is 2.37. The molecule has 0 fully saturated rings. The number of benzene rings is 4. The third-order valence-corrected chi connectivity index (χ3v) is 6.97. The Labute approximate surface area is 250 Å². The molecule has 10 heteroatoms. The molecule has 0 atom stereocenters. The van der Waals surface area contributed by atoms with Gasteiger partial charge in [0.25, 0.3) is 5.91 Å². The zero-order chi connectivity index (χ0) is 28.9. The first kappa shape index (κ1) is 28.2. The number of carbonyl (C=O) groups is 2. The molecule has 1 aromatic heterocycles. The van der Waals surface area contributed by atoms with E-state index in [4.69, 9.17) is 44.3 Å². The summed E-state index contributed by atoms with van der Waals surface area (Å²) in [7, 11) is 0. The Kier molecular flexibility index (Phi) is 8.59. The zero-order valence-electron chi connectivity index (χ0n) is 21.6. The summed E-state index contributed by atoms with van der Waals surface area (Å²) >= 11 is 18.9. The minimum absolute atomic E-state index is 0.221. The number of esters is 1. The van der Waals surface area contributed by atoms with Crippen molar-refractivity contribution in [3.63, 3.8) is 0 Å². The molecule has 5 aromatic rings. The van der Waals surface area contributed by atoms with Crippen molar-refractivity contribution in [1.29, 1.82) is 0 Å². The molecule has 41 heavy (non-hydrogen) atoms. The fourth-order valence-electron chi connectivity index (χ4n) is 4.24. The van der Waals surface area contributed by atoms with Crippen LogP contribution in [0.25, 0.3) is 22.0 Å². The number of hydrogen-bond donors (Lipinski definition) is 2. The van der Waals surface area contributed by atoms with E-state index >= 15 is 0 Å². The summed E-state index contributed by atoms with van der Waals surface area (Å²) in [5.41, 5.74) is 5.70. The topological polar surface area (TPSA) is 92.8 Å². The molecule has 0 aliphatic heterocycles. The highest BCUT2D eigenvalue weighted by molar-refractivity contribution is 6.35. The van der Waals surface area contributed by atoms with Crippen LogP contribution in [0.4, 0.5) is 0 Å². The Bertz CT molecular complexity index is 1800. The molecule has 0 bridgehead atoms. The summed E-state index contributed by atoms with van der Waals surface area (Å²) in [4.78, 5) is 29.1. The first-order valence-corrected chi connectivity index (χ1v) is 13.6. The van der Waals surface area contributed by atoms with Crippen LogP contribution in [-0.2, 0) is 0 Å². The molecule has 1 heterocycles. The van der Waals surface area contributed by atoms with E-state index in [1.807, 2.05) is 25.1 Å². The summed E-state index contributed by atoms with van der Waals surface area (Å²) in [5.74, 6) is -0.534. The van der Waals surface area contributed by atoms with E-state index in [9.17, 15) is 9.59 Å². The number of fused-ring (bicyclic) bond motifs is 1. The van der Waals surface area contributed by atoms with Gasteiger partial charge in [-0.3, -0.25) is 4.79 Å². The van der Waals surface area contributed by atoms with Crippen molar-refractivity contribution in [2.45, 2.75) is 6.92 Å².